The lowest BCUT2D eigenvalue weighted by molar-refractivity contribution is 0.0965. The summed E-state index contributed by atoms with van der Waals surface area (Å²) in [6.45, 7) is 8.08. The molecule has 2 aromatic carbocycles. The highest BCUT2D eigenvalue weighted by atomic mass is 16.3. The van der Waals surface area contributed by atoms with Gasteiger partial charge in [0.15, 0.2) is 0 Å². The minimum absolute atomic E-state index is 0.111. The predicted octanol–water partition coefficient (Wildman–Crippen LogP) is 4.68. The molecular weight excluding hydrogens is 244 g/mol. The van der Waals surface area contributed by atoms with Crippen LogP contribution in [0.5, 0.6) is 0 Å². The average molecular weight is 267 g/mol. The summed E-state index contributed by atoms with van der Waals surface area (Å²) in [4.78, 5) is 0. The van der Waals surface area contributed by atoms with Gasteiger partial charge in [-0.05, 0) is 29.0 Å². The van der Waals surface area contributed by atoms with Gasteiger partial charge in [0.05, 0.1) is 6.10 Å². The Balaban J connectivity index is 2.23. The Hall–Kier alpha value is -1.60. The summed E-state index contributed by atoms with van der Waals surface area (Å²) in [5.74, 6) is 0.357. The van der Waals surface area contributed by atoms with Gasteiger partial charge in [0.2, 0.25) is 0 Å². The molecule has 0 bridgehead atoms. The third-order valence-corrected chi connectivity index (χ3v) is 3.85. The summed E-state index contributed by atoms with van der Waals surface area (Å²) in [6, 6.07) is 18.8. The molecule has 2 atom stereocenters. The molecule has 0 aromatic heterocycles. The van der Waals surface area contributed by atoms with Crippen LogP contribution in [-0.2, 0) is 0 Å². The summed E-state index contributed by atoms with van der Waals surface area (Å²) in [6.07, 6.45) is 0.374. The topological polar surface area (TPSA) is 20.2 Å². The smallest absolute Gasteiger partial charge is 0.0631 e. The van der Waals surface area contributed by atoms with Gasteiger partial charge >= 0.3 is 0 Å². The maximum atomic E-state index is 10.3. The normalized spacial score (nSPS) is 14.2. The quantitative estimate of drug-likeness (QED) is 0.834. The van der Waals surface area contributed by atoms with E-state index in [4.69, 9.17) is 0 Å². The summed E-state index contributed by atoms with van der Waals surface area (Å²) >= 11 is 0. The Morgan fingerprint density at radius 2 is 1.45 bits per heavy atom. The molecule has 0 spiro atoms. The zero-order valence-electron chi connectivity index (χ0n) is 12.3. The van der Waals surface area contributed by atoms with Crippen LogP contribution in [0.4, 0.5) is 0 Å². The first-order valence-electron chi connectivity index (χ1n) is 7.26. The van der Waals surface area contributed by atoms with Gasteiger partial charge in [0, 0.05) is 5.92 Å². The summed E-state index contributed by atoms with van der Waals surface area (Å²) in [5, 5.41) is 10.3. The Morgan fingerprint density at radius 1 is 0.900 bits per heavy atom. The summed E-state index contributed by atoms with van der Waals surface area (Å²) < 4.78 is 0. The van der Waals surface area contributed by atoms with Crippen molar-refractivity contribution in [3.8, 4) is 11.1 Å². The minimum Gasteiger partial charge on any atom is -0.392 e. The van der Waals surface area contributed by atoms with E-state index in [0.717, 1.165) is 0 Å². The van der Waals surface area contributed by atoms with E-state index in [-0.39, 0.29) is 17.9 Å². The zero-order chi connectivity index (χ0) is 14.5. The summed E-state index contributed by atoms with van der Waals surface area (Å²) in [7, 11) is 0. The Morgan fingerprint density at radius 3 is 1.95 bits per heavy atom. The second-order valence-corrected chi connectivity index (χ2v) is 5.62. The maximum Gasteiger partial charge on any atom is 0.0631 e. The predicted molar refractivity (Wildman–Crippen MR) is 85.4 cm³/mol. The van der Waals surface area contributed by atoms with Crippen molar-refractivity contribution in [2.45, 2.75) is 32.3 Å². The number of hydrogen-bond acceptors (Lipinski definition) is 1. The Bertz CT molecular complexity index is 513. The molecule has 0 aliphatic rings. The third kappa shape index (κ3) is 3.29. The molecule has 0 saturated heterocycles. The zero-order valence-corrected chi connectivity index (χ0v) is 12.3. The van der Waals surface area contributed by atoms with Crippen LogP contribution in [-0.4, -0.2) is 11.2 Å². The summed E-state index contributed by atoms with van der Waals surface area (Å²) in [5.41, 5.74) is 3.59. The van der Waals surface area contributed by atoms with Crippen LogP contribution in [0.15, 0.2) is 54.6 Å². The molecule has 0 amide bonds. The van der Waals surface area contributed by atoms with Crippen molar-refractivity contribution in [3.63, 3.8) is 0 Å². The van der Waals surface area contributed by atoms with E-state index in [2.05, 4.69) is 43.3 Å². The molecular formula is C19H23O. The lowest BCUT2D eigenvalue weighted by atomic mass is 9.85. The number of aliphatic hydroxyl groups is 1. The van der Waals surface area contributed by atoms with Crippen LogP contribution in [0.1, 0.15) is 31.7 Å². The molecule has 2 rings (SSSR count). The molecule has 20 heavy (non-hydrogen) atoms. The first-order chi connectivity index (χ1) is 9.63. The average Bonchev–Trinajstić information content (AvgIpc) is 2.49. The fourth-order valence-electron chi connectivity index (χ4n) is 2.55. The second kappa shape index (κ2) is 6.71. The molecule has 1 radical (unpaired) electrons. The van der Waals surface area contributed by atoms with Gasteiger partial charge < -0.3 is 5.11 Å². The van der Waals surface area contributed by atoms with Crippen molar-refractivity contribution in [1.82, 2.24) is 0 Å². The molecule has 2 unspecified atom stereocenters. The minimum atomic E-state index is -0.338. The number of benzene rings is 2. The number of rotatable bonds is 5. The third-order valence-electron chi connectivity index (χ3n) is 3.85. The molecule has 105 valence electrons. The van der Waals surface area contributed by atoms with Crippen LogP contribution >= 0.6 is 0 Å². The van der Waals surface area contributed by atoms with E-state index in [9.17, 15) is 5.11 Å². The fourth-order valence-corrected chi connectivity index (χ4v) is 2.55. The van der Waals surface area contributed by atoms with Crippen LogP contribution in [0.3, 0.4) is 0 Å². The van der Waals surface area contributed by atoms with Gasteiger partial charge in [-0.3, -0.25) is 0 Å². The van der Waals surface area contributed by atoms with Crippen molar-refractivity contribution in [2.75, 3.05) is 0 Å². The molecule has 0 saturated carbocycles. The molecule has 0 aliphatic carbocycles. The highest BCUT2D eigenvalue weighted by Crippen LogP contribution is 2.29. The van der Waals surface area contributed by atoms with Crippen molar-refractivity contribution >= 4 is 0 Å². The van der Waals surface area contributed by atoms with E-state index < -0.39 is 0 Å². The van der Waals surface area contributed by atoms with E-state index in [1.54, 1.807) is 0 Å². The molecule has 1 heteroatoms. The van der Waals surface area contributed by atoms with Crippen LogP contribution in [0.25, 0.3) is 11.1 Å². The highest BCUT2D eigenvalue weighted by molar-refractivity contribution is 5.63. The van der Waals surface area contributed by atoms with Crippen molar-refractivity contribution in [2.24, 2.45) is 5.92 Å². The van der Waals surface area contributed by atoms with Crippen LogP contribution in [0.2, 0.25) is 0 Å². The highest BCUT2D eigenvalue weighted by Gasteiger charge is 2.22. The molecule has 1 nitrogen and oxygen atoms in total. The van der Waals surface area contributed by atoms with Crippen LogP contribution < -0.4 is 0 Å². The van der Waals surface area contributed by atoms with Gasteiger partial charge in [-0.25, -0.2) is 0 Å². The fraction of sp³-hybridized carbons (Fsp3) is 0.316. The van der Waals surface area contributed by atoms with E-state index in [0.29, 0.717) is 6.42 Å². The first kappa shape index (κ1) is 14.8. The number of aliphatic hydroxyl groups excluding tert-OH is 1. The molecule has 1 N–H and O–H groups in total. The van der Waals surface area contributed by atoms with Gasteiger partial charge in [0.25, 0.3) is 0 Å². The SMILES string of the molecule is [CH2]CC(c1ccc(-c2ccccc2)cc1)C(O)C(C)C. The molecule has 0 aliphatic heterocycles. The van der Waals surface area contributed by atoms with Crippen molar-refractivity contribution in [3.05, 3.63) is 67.1 Å². The first-order valence-corrected chi connectivity index (χ1v) is 7.26. The van der Waals surface area contributed by atoms with Gasteiger partial charge in [0.1, 0.15) is 0 Å². The van der Waals surface area contributed by atoms with Crippen molar-refractivity contribution in [1.29, 1.82) is 0 Å². The van der Waals surface area contributed by atoms with Gasteiger partial charge in [-0.1, -0.05) is 75.4 Å². The van der Waals surface area contributed by atoms with Gasteiger partial charge in [-0.2, -0.15) is 0 Å². The Labute approximate surface area is 122 Å². The maximum absolute atomic E-state index is 10.3. The lowest BCUT2D eigenvalue weighted by Crippen LogP contribution is -2.23. The van der Waals surface area contributed by atoms with Gasteiger partial charge in [-0.15, -0.1) is 0 Å². The van der Waals surface area contributed by atoms with Crippen LogP contribution in [0, 0.1) is 12.8 Å². The van der Waals surface area contributed by atoms with E-state index in [1.165, 1.54) is 16.7 Å². The monoisotopic (exact) mass is 267 g/mol. The largest absolute Gasteiger partial charge is 0.392 e. The molecule has 2 aromatic rings. The molecule has 0 fully saturated rings. The van der Waals surface area contributed by atoms with E-state index >= 15 is 0 Å². The van der Waals surface area contributed by atoms with E-state index in [1.807, 2.05) is 32.0 Å². The molecule has 0 heterocycles. The standard InChI is InChI=1S/C19H23O/c1-4-18(19(20)14(2)3)17-12-10-16(11-13-17)15-8-6-5-7-9-15/h5-14,18-20H,1,4H2,2-3H3. The second-order valence-electron chi connectivity index (χ2n) is 5.62. The van der Waals surface area contributed by atoms with Crippen molar-refractivity contribution < 1.29 is 5.11 Å². The lowest BCUT2D eigenvalue weighted by Gasteiger charge is -2.25. The Kier molecular flexibility index (Phi) is 4.97. The number of hydrogen-bond donors (Lipinski definition) is 1.